The highest BCUT2D eigenvalue weighted by atomic mass is 35.5. The summed E-state index contributed by atoms with van der Waals surface area (Å²) in [5.74, 6) is 0.119. The van der Waals surface area contributed by atoms with Gasteiger partial charge in [-0.15, -0.1) is 22.9 Å². The van der Waals surface area contributed by atoms with Crippen molar-refractivity contribution in [3.05, 3.63) is 64.4 Å². The van der Waals surface area contributed by atoms with Crippen LogP contribution in [-0.4, -0.2) is 34.3 Å². The Balaban J connectivity index is 1.38. The van der Waals surface area contributed by atoms with Gasteiger partial charge in [-0.3, -0.25) is 0 Å². The zero-order chi connectivity index (χ0) is 21.1. The van der Waals surface area contributed by atoms with E-state index >= 15 is 0 Å². The van der Waals surface area contributed by atoms with Gasteiger partial charge in [0.25, 0.3) is 0 Å². The van der Waals surface area contributed by atoms with E-state index in [1.165, 1.54) is 11.3 Å². The number of ether oxygens (including phenoxy) is 1. The van der Waals surface area contributed by atoms with Gasteiger partial charge in [0, 0.05) is 21.6 Å². The first-order valence-electron chi connectivity index (χ1n) is 10.3. The molecule has 30 heavy (non-hydrogen) atoms. The molecule has 1 fully saturated rings. The van der Waals surface area contributed by atoms with Gasteiger partial charge in [0.1, 0.15) is 10.6 Å². The predicted octanol–water partition coefficient (Wildman–Crippen LogP) is 5.61. The number of fused-ring (bicyclic) bond motifs is 1. The summed E-state index contributed by atoms with van der Waals surface area (Å²) < 4.78 is 6.16. The van der Waals surface area contributed by atoms with Gasteiger partial charge >= 0.3 is 5.97 Å². The molecule has 158 valence electrons. The van der Waals surface area contributed by atoms with Gasteiger partial charge < -0.3 is 14.9 Å². The molecule has 0 amide bonds. The molecule has 4 atom stereocenters. The first kappa shape index (κ1) is 21.2. The first-order chi connectivity index (χ1) is 14.5. The molecule has 0 saturated heterocycles. The van der Waals surface area contributed by atoms with Crippen LogP contribution in [0.15, 0.2) is 54.6 Å². The van der Waals surface area contributed by atoms with E-state index in [4.69, 9.17) is 21.4 Å². The second kappa shape index (κ2) is 9.38. The predicted molar refractivity (Wildman–Crippen MR) is 121 cm³/mol. The number of rotatable bonds is 8. The van der Waals surface area contributed by atoms with E-state index in [-0.39, 0.29) is 17.2 Å². The SMILES string of the molecule is O=C(O)c1ccc(CCCC2C(Cl)CC(O)C2COc2cccc3ccccc23)s1. The summed E-state index contributed by atoms with van der Waals surface area (Å²) in [4.78, 5) is 12.5. The Hall–Kier alpha value is -2.08. The number of alkyl halides is 1. The number of carbonyl (C=O) groups is 1. The lowest BCUT2D eigenvalue weighted by molar-refractivity contribution is 0.0701. The molecule has 0 spiro atoms. The molecular formula is C24H25ClO4S. The number of thiophene rings is 1. The van der Waals surface area contributed by atoms with Crippen molar-refractivity contribution >= 4 is 39.7 Å². The van der Waals surface area contributed by atoms with Crippen LogP contribution in [0.1, 0.15) is 33.8 Å². The maximum atomic E-state index is 11.0. The Labute approximate surface area is 185 Å². The number of aliphatic hydroxyl groups is 1. The van der Waals surface area contributed by atoms with Gasteiger partial charge in [-0.05, 0) is 55.2 Å². The molecule has 1 aromatic heterocycles. The van der Waals surface area contributed by atoms with Crippen molar-refractivity contribution in [1.29, 1.82) is 0 Å². The van der Waals surface area contributed by atoms with E-state index in [1.807, 2.05) is 36.4 Å². The van der Waals surface area contributed by atoms with Crippen molar-refractivity contribution in [3.63, 3.8) is 0 Å². The Kier molecular flexibility index (Phi) is 6.61. The standard InChI is InChI=1S/C24H25ClO4S/c25-20-13-21(26)19(14-29-22-10-3-6-15-5-1-2-8-17(15)22)18(20)9-4-7-16-11-12-23(30-16)24(27)28/h1-3,5-6,8,10-12,18-21,26H,4,7,9,13-14H2,(H,27,28). The highest BCUT2D eigenvalue weighted by Gasteiger charge is 2.41. The molecule has 0 aliphatic heterocycles. The highest BCUT2D eigenvalue weighted by Crippen LogP contribution is 2.40. The summed E-state index contributed by atoms with van der Waals surface area (Å²) in [6, 6.07) is 17.7. The van der Waals surface area contributed by atoms with Crippen LogP contribution in [0.25, 0.3) is 10.8 Å². The number of carboxylic acids is 1. The first-order valence-corrected chi connectivity index (χ1v) is 11.5. The number of benzene rings is 2. The Morgan fingerprint density at radius 2 is 1.90 bits per heavy atom. The van der Waals surface area contributed by atoms with Crippen LogP contribution in [0.5, 0.6) is 5.75 Å². The summed E-state index contributed by atoms with van der Waals surface area (Å²) in [6.07, 6.45) is 2.73. The number of aromatic carboxylic acids is 1. The van der Waals surface area contributed by atoms with Crippen molar-refractivity contribution in [1.82, 2.24) is 0 Å². The second-order valence-electron chi connectivity index (χ2n) is 7.90. The molecule has 4 nitrogen and oxygen atoms in total. The Morgan fingerprint density at radius 3 is 2.70 bits per heavy atom. The third-order valence-corrected chi connectivity index (χ3v) is 7.62. The average molecular weight is 445 g/mol. The fourth-order valence-electron chi connectivity index (χ4n) is 4.41. The van der Waals surface area contributed by atoms with E-state index in [0.717, 1.165) is 40.7 Å². The van der Waals surface area contributed by atoms with Gasteiger partial charge in [-0.2, -0.15) is 0 Å². The number of hydrogen-bond donors (Lipinski definition) is 2. The van der Waals surface area contributed by atoms with Crippen molar-refractivity contribution in [2.45, 2.75) is 37.2 Å². The number of halogens is 1. The summed E-state index contributed by atoms with van der Waals surface area (Å²) in [6.45, 7) is 0.436. The third-order valence-electron chi connectivity index (χ3n) is 5.99. The summed E-state index contributed by atoms with van der Waals surface area (Å²) in [5, 5.41) is 21.8. The third kappa shape index (κ3) is 4.64. The topological polar surface area (TPSA) is 66.8 Å². The smallest absolute Gasteiger partial charge is 0.345 e. The molecule has 3 aromatic rings. The monoisotopic (exact) mass is 444 g/mol. The van der Waals surface area contributed by atoms with Gasteiger partial charge in [-0.1, -0.05) is 36.4 Å². The minimum Gasteiger partial charge on any atom is -0.493 e. The van der Waals surface area contributed by atoms with Gasteiger partial charge in [0.15, 0.2) is 0 Å². The van der Waals surface area contributed by atoms with E-state index in [2.05, 4.69) is 12.1 Å². The quantitative estimate of drug-likeness (QED) is 0.443. The number of aliphatic hydroxyl groups excluding tert-OH is 1. The Bertz CT molecular complexity index is 1010. The summed E-state index contributed by atoms with van der Waals surface area (Å²) in [5.41, 5.74) is 0. The van der Waals surface area contributed by atoms with Crippen LogP contribution < -0.4 is 4.74 Å². The van der Waals surface area contributed by atoms with Crippen LogP contribution >= 0.6 is 22.9 Å². The molecule has 1 saturated carbocycles. The summed E-state index contributed by atoms with van der Waals surface area (Å²) >= 11 is 7.91. The Morgan fingerprint density at radius 1 is 1.10 bits per heavy atom. The van der Waals surface area contributed by atoms with Crippen LogP contribution in [0, 0.1) is 11.8 Å². The molecule has 0 bridgehead atoms. The molecule has 6 heteroatoms. The highest BCUT2D eigenvalue weighted by molar-refractivity contribution is 7.13. The second-order valence-corrected chi connectivity index (χ2v) is 9.63. The van der Waals surface area contributed by atoms with Gasteiger partial charge in [0.05, 0.1) is 12.7 Å². The lowest BCUT2D eigenvalue weighted by atomic mass is 9.90. The number of carboxylic acid groups (broad SMARTS) is 1. The zero-order valence-electron chi connectivity index (χ0n) is 16.5. The molecule has 2 N–H and O–H groups in total. The number of hydrogen-bond acceptors (Lipinski definition) is 4. The molecular weight excluding hydrogens is 420 g/mol. The normalized spacial score (nSPS) is 23.7. The summed E-state index contributed by atoms with van der Waals surface area (Å²) in [7, 11) is 0. The van der Waals surface area contributed by atoms with E-state index < -0.39 is 12.1 Å². The minimum atomic E-state index is -0.878. The average Bonchev–Trinajstić information content (AvgIpc) is 3.31. The van der Waals surface area contributed by atoms with E-state index in [0.29, 0.717) is 17.9 Å². The van der Waals surface area contributed by atoms with Crippen molar-refractivity contribution < 1.29 is 19.7 Å². The van der Waals surface area contributed by atoms with E-state index in [9.17, 15) is 9.90 Å². The van der Waals surface area contributed by atoms with Gasteiger partial charge in [-0.25, -0.2) is 4.79 Å². The molecule has 1 aliphatic carbocycles. The largest absolute Gasteiger partial charge is 0.493 e. The molecule has 1 heterocycles. The van der Waals surface area contributed by atoms with Crippen molar-refractivity contribution in [3.8, 4) is 5.75 Å². The molecule has 4 rings (SSSR count). The fourth-order valence-corrected chi connectivity index (χ4v) is 5.79. The lowest BCUT2D eigenvalue weighted by Crippen LogP contribution is -2.27. The fraction of sp³-hybridized carbons (Fsp3) is 0.375. The van der Waals surface area contributed by atoms with Crippen LogP contribution in [0.4, 0.5) is 0 Å². The molecule has 2 aromatic carbocycles. The molecule has 4 unspecified atom stereocenters. The number of aryl methyl sites for hydroxylation is 1. The molecule has 0 radical (unpaired) electrons. The van der Waals surface area contributed by atoms with Crippen LogP contribution in [0.3, 0.4) is 0 Å². The minimum absolute atomic E-state index is 0.00983. The van der Waals surface area contributed by atoms with Crippen molar-refractivity contribution in [2.24, 2.45) is 11.8 Å². The van der Waals surface area contributed by atoms with E-state index in [1.54, 1.807) is 6.07 Å². The lowest BCUT2D eigenvalue weighted by Gasteiger charge is -2.24. The van der Waals surface area contributed by atoms with Gasteiger partial charge in [0.2, 0.25) is 0 Å². The maximum Gasteiger partial charge on any atom is 0.345 e. The van der Waals surface area contributed by atoms with Crippen LogP contribution in [-0.2, 0) is 6.42 Å². The zero-order valence-corrected chi connectivity index (χ0v) is 18.1. The maximum absolute atomic E-state index is 11.0. The van der Waals surface area contributed by atoms with Crippen LogP contribution in [0.2, 0.25) is 0 Å². The van der Waals surface area contributed by atoms with Crippen molar-refractivity contribution in [2.75, 3.05) is 6.61 Å². The molecule has 1 aliphatic rings.